The van der Waals surface area contributed by atoms with Crippen molar-refractivity contribution in [1.82, 2.24) is 26.6 Å². The first-order valence-electron chi connectivity index (χ1n) is 38.5. The highest BCUT2D eigenvalue weighted by molar-refractivity contribution is 5.98. The predicted molar refractivity (Wildman–Crippen MR) is 434 cm³/mol. The van der Waals surface area contributed by atoms with E-state index >= 15 is 0 Å². The molecule has 634 valence electrons. The van der Waals surface area contributed by atoms with Gasteiger partial charge in [-0.2, -0.15) is 0 Å². The van der Waals surface area contributed by atoms with E-state index in [4.69, 9.17) is 91.7 Å². The predicted octanol–water partition coefficient (Wildman–Crippen LogP) is -4.37. The molecule has 0 aliphatic heterocycles. The van der Waals surface area contributed by atoms with Gasteiger partial charge in [0.1, 0.15) is 17.3 Å². The Morgan fingerprint density at radius 3 is 0.652 bits per heavy atom. The number of nitrogens with two attached hydrogens (primary N) is 16. The van der Waals surface area contributed by atoms with Gasteiger partial charge in [-0.1, -0.05) is 33.1 Å². The van der Waals surface area contributed by atoms with E-state index in [-0.39, 0.29) is 215 Å². The van der Waals surface area contributed by atoms with Gasteiger partial charge in [0.05, 0.1) is 26.2 Å². The normalized spacial score (nSPS) is 12.9. The smallest absolute Gasteiger partial charge is 0.223 e. The number of guanidine groups is 8. The summed E-state index contributed by atoms with van der Waals surface area (Å²) in [4.78, 5) is 199. The van der Waals surface area contributed by atoms with Crippen LogP contribution in [0.5, 0.6) is 0 Å². The quantitative estimate of drug-likeness (QED) is 0.0155. The molecular weight excluding hydrogens is 1450 g/mol. The molecule has 8 unspecified atom stereocenters. The number of rotatable bonds is 68. The van der Waals surface area contributed by atoms with Crippen LogP contribution in [0.25, 0.3) is 0 Å². The van der Waals surface area contributed by atoms with Crippen LogP contribution in [0.2, 0.25) is 0 Å². The minimum atomic E-state index is -1.14. The van der Waals surface area contributed by atoms with E-state index in [1.807, 2.05) is 6.92 Å². The molecule has 112 heavy (non-hydrogen) atoms. The maximum Gasteiger partial charge on any atom is 0.223 e. The molecule has 41 heteroatoms. The van der Waals surface area contributed by atoms with Crippen LogP contribution in [-0.2, 0) is 57.5 Å². The van der Waals surface area contributed by atoms with Gasteiger partial charge in [0.2, 0.25) is 29.5 Å². The SMILES string of the molecule is CCCCCCNC(=O)C(CCCN=C(N)N)CC(=O)CNC(=O)C(CCCN=C(N)N)CC(=O)C(CCCN=C(N)N)CC(=O)CNC(=O)C(CCCN=C(N)N)CC(=O)C(CCCN=C(N)N)CC(=O)CNC(=O)C(CCCN=C(N)N)CC(=O)C(CCCN=C(N)N)CC(=O)CNC(=O)C(CC)CCCN=C(N)N. The number of aliphatic imine (C=N–C) groups is 8. The number of Topliss-reactive ketones (excluding diaryl/α,β-unsaturated/α-hetero) is 7. The lowest BCUT2D eigenvalue weighted by Crippen LogP contribution is -2.39. The van der Waals surface area contributed by atoms with Crippen molar-refractivity contribution in [2.75, 3.05) is 85.1 Å². The molecule has 0 aliphatic rings. The molecule has 0 bridgehead atoms. The molecule has 41 nitrogen and oxygen atoms in total. The van der Waals surface area contributed by atoms with Gasteiger partial charge in [-0.3, -0.25) is 97.5 Å². The van der Waals surface area contributed by atoms with Crippen molar-refractivity contribution in [3.8, 4) is 0 Å². The summed E-state index contributed by atoms with van der Waals surface area (Å²) >= 11 is 0. The summed E-state index contributed by atoms with van der Waals surface area (Å²) in [6.07, 6.45) is 4.76. The number of unbranched alkanes of at least 4 members (excludes halogenated alkanes) is 3. The van der Waals surface area contributed by atoms with Crippen LogP contribution in [0.1, 0.15) is 194 Å². The third kappa shape index (κ3) is 53.1. The Labute approximate surface area is 657 Å². The summed E-state index contributed by atoms with van der Waals surface area (Å²) in [5, 5.41) is 13.4. The minimum absolute atomic E-state index is 0.00137. The lowest BCUT2D eigenvalue weighted by Gasteiger charge is -2.22. The van der Waals surface area contributed by atoms with Crippen molar-refractivity contribution >= 4 is 118 Å². The standard InChI is InChI=1S/C71H133N29O12/c1-3-5-6-7-24-88-60(109)48(20-12-29-93-68(80)81)36-55(104)43-100-63(112)51(23-15-32-96-71(86)87)39-58(107)47(19-11-28-92-67(78)79)35-54(103)42-99-62(111)50(22-14-31-95-70(84)85)38-57(106)46(18-10-27-91-66(76)77)34-53(102)41-98-61(110)49(21-13-30-94-69(82)83)37-56(105)45(17-9-26-90-65(74)75)33-52(101)40-97-59(108)44(4-2)16-8-25-89-64(72)73/h44-51H,3-43H2,1-2H3,(H,88,109)(H,97,108)(H,98,110)(H,99,111)(H,100,112)(H4,72,73,89)(H4,74,75,90)(H4,76,77,91)(H4,78,79,92)(H4,80,81,93)(H4,82,83,94)(H4,84,85,95)(H4,86,87,96). The van der Waals surface area contributed by atoms with Gasteiger partial charge in [-0.05, 0) is 116 Å². The molecule has 0 rings (SSSR count). The summed E-state index contributed by atoms with van der Waals surface area (Å²) < 4.78 is 0. The molecule has 0 heterocycles. The van der Waals surface area contributed by atoms with Crippen molar-refractivity contribution in [3.05, 3.63) is 0 Å². The zero-order valence-corrected chi connectivity index (χ0v) is 65.8. The molecule has 0 aromatic heterocycles. The van der Waals surface area contributed by atoms with E-state index in [2.05, 4.69) is 73.4 Å². The highest BCUT2D eigenvalue weighted by atomic mass is 16.2. The van der Waals surface area contributed by atoms with Gasteiger partial charge in [0.25, 0.3) is 0 Å². The van der Waals surface area contributed by atoms with Crippen LogP contribution in [-0.4, -0.2) is 203 Å². The van der Waals surface area contributed by atoms with Crippen LogP contribution in [0.15, 0.2) is 39.9 Å². The molecule has 0 aliphatic carbocycles. The zero-order chi connectivity index (χ0) is 84.3. The minimum Gasteiger partial charge on any atom is -0.370 e. The molecule has 8 atom stereocenters. The molecular formula is C71H133N29O12. The Bertz CT molecular complexity index is 3180. The van der Waals surface area contributed by atoms with E-state index in [1.54, 1.807) is 0 Å². The molecule has 37 N–H and O–H groups in total. The lowest BCUT2D eigenvalue weighted by atomic mass is 9.85. The Morgan fingerprint density at radius 2 is 0.429 bits per heavy atom. The first kappa shape index (κ1) is 101. The van der Waals surface area contributed by atoms with Crippen LogP contribution < -0.4 is 118 Å². The van der Waals surface area contributed by atoms with E-state index < -0.39 is 151 Å². The third-order valence-corrected chi connectivity index (χ3v) is 18.2. The zero-order valence-electron chi connectivity index (χ0n) is 65.8. The number of nitrogens with one attached hydrogen (secondary N) is 5. The lowest BCUT2D eigenvalue weighted by molar-refractivity contribution is -0.135. The van der Waals surface area contributed by atoms with Crippen molar-refractivity contribution in [1.29, 1.82) is 0 Å². The highest BCUT2D eigenvalue weighted by Crippen LogP contribution is 2.26. The second kappa shape index (κ2) is 60.9. The molecule has 0 saturated heterocycles. The Kier molecular flexibility index (Phi) is 55.1. The highest BCUT2D eigenvalue weighted by Gasteiger charge is 2.33. The first-order valence-corrected chi connectivity index (χ1v) is 38.5. The summed E-state index contributed by atoms with van der Waals surface area (Å²) in [6, 6.07) is 0. The largest absolute Gasteiger partial charge is 0.370 e. The van der Waals surface area contributed by atoms with Crippen LogP contribution in [0.3, 0.4) is 0 Å². The van der Waals surface area contributed by atoms with E-state index in [9.17, 15) is 57.5 Å². The maximum atomic E-state index is 14.6. The fraction of sp³-hybridized carbons (Fsp3) is 0.718. The van der Waals surface area contributed by atoms with Crippen LogP contribution in [0.4, 0.5) is 0 Å². The summed E-state index contributed by atoms with van der Waals surface area (Å²) in [7, 11) is 0. The average Bonchev–Trinajstić information content (AvgIpc) is 0.881. The average molecular weight is 1590 g/mol. The number of hydrogen-bond donors (Lipinski definition) is 21. The van der Waals surface area contributed by atoms with Crippen molar-refractivity contribution in [2.45, 2.75) is 194 Å². The van der Waals surface area contributed by atoms with E-state index in [0.29, 0.717) is 38.8 Å². The molecule has 0 spiro atoms. The van der Waals surface area contributed by atoms with Gasteiger partial charge in [0.15, 0.2) is 70.8 Å². The number of amides is 5. The van der Waals surface area contributed by atoms with Crippen LogP contribution in [0, 0.1) is 47.3 Å². The van der Waals surface area contributed by atoms with Crippen LogP contribution >= 0.6 is 0 Å². The molecule has 0 aromatic rings. The number of carbonyl (C=O) groups is 12. The van der Waals surface area contributed by atoms with Gasteiger partial charge < -0.3 is 118 Å². The van der Waals surface area contributed by atoms with Crippen molar-refractivity contribution in [3.63, 3.8) is 0 Å². The molecule has 0 fully saturated rings. The first-order chi connectivity index (χ1) is 53.1. The monoisotopic (exact) mass is 1580 g/mol. The second-order valence-corrected chi connectivity index (χ2v) is 27.8. The third-order valence-electron chi connectivity index (χ3n) is 18.2. The maximum absolute atomic E-state index is 14.6. The number of carbonyl (C=O) groups excluding carboxylic acids is 12. The number of hydrogen-bond acceptors (Lipinski definition) is 20. The van der Waals surface area contributed by atoms with E-state index in [0.717, 1.165) is 25.7 Å². The Balaban J connectivity index is 6.95. The van der Waals surface area contributed by atoms with Crippen molar-refractivity contribution < 1.29 is 57.5 Å². The summed E-state index contributed by atoms with van der Waals surface area (Å²) in [6.45, 7) is 3.23. The fourth-order valence-corrected chi connectivity index (χ4v) is 12.2. The topological polar surface area (TPSA) is 780 Å². The second-order valence-electron chi connectivity index (χ2n) is 27.8. The summed E-state index contributed by atoms with van der Waals surface area (Å²) in [5.74, 6) is -15.5. The summed E-state index contributed by atoms with van der Waals surface area (Å²) in [5.41, 5.74) is 88.7. The molecule has 0 aromatic carbocycles. The van der Waals surface area contributed by atoms with Gasteiger partial charge in [-0.15, -0.1) is 0 Å². The van der Waals surface area contributed by atoms with Gasteiger partial charge in [0, 0.05) is 151 Å². The Hall–Kier alpha value is -10.8. The van der Waals surface area contributed by atoms with E-state index in [1.165, 1.54) is 0 Å². The number of ketones is 7. The number of nitrogens with zero attached hydrogens (tertiary/aromatic N) is 8. The molecule has 5 amide bonds. The Morgan fingerprint density at radius 1 is 0.232 bits per heavy atom. The molecule has 0 saturated carbocycles. The van der Waals surface area contributed by atoms with Crippen molar-refractivity contribution in [2.24, 2.45) is 179 Å². The van der Waals surface area contributed by atoms with Gasteiger partial charge in [-0.25, -0.2) is 0 Å². The fourth-order valence-electron chi connectivity index (χ4n) is 12.2. The molecule has 0 radical (unpaired) electrons. The van der Waals surface area contributed by atoms with Gasteiger partial charge >= 0.3 is 0 Å².